The van der Waals surface area contributed by atoms with Gasteiger partial charge in [-0.2, -0.15) is 0 Å². The standard InChI is InChI=1S/C51H52FN7O4S2/c1-36-48(51(60)54-26-7-28-57-31-29-56(2)30-32-57)49(50(58(36)43-22-23-43)39-16-18-41(52)19-17-39)40-9-6-8-38(34-40)13-12-37-14-20-42(21-15-37)55-65(63)45-24-25-46(47(35-45)59(61)62)53-27-33-64-44-10-4-3-5-11-44/h3-6,8-11,14-21,24-25,34-35,43,53,55H,7,22-23,26-33H2,1-2H3,(H,54,60). The minimum atomic E-state index is -1.76. The Hall–Kier alpha value is -6.08. The number of nitrogens with one attached hydrogen (secondary N) is 3. The number of carbonyl (C=O) groups excluding carboxylic acids is 1. The van der Waals surface area contributed by atoms with E-state index in [4.69, 9.17) is 0 Å². The van der Waals surface area contributed by atoms with E-state index in [9.17, 15) is 23.9 Å². The molecule has 6 aromatic rings. The van der Waals surface area contributed by atoms with E-state index in [-0.39, 0.29) is 28.3 Å². The van der Waals surface area contributed by atoms with Crippen molar-refractivity contribution in [2.75, 3.05) is 68.7 Å². The number of nitro benzene ring substituents is 1. The van der Waals surface area contributed by atoms with E-state index in [1.54, 1.807) is 48.2 Å². The summed E-state index contributed by atoms with van der Waals surface area (Å²) in [5.74, 6) is 6.80. The average molecular weight is 910 g/mol. The molecule has 1 amide bonds. The number of hydrogen-bond acceptors (Lipinski definition) is 9. The topological polar surface area (TPSA) is 131 Å². The maximum absolute atomic E-state index is 14.3. The van der Waals surface area contributed by atoms with Crippen LogP contribution in [0, 0.1) is 34.7 Å². The zero-order valence-electron chi connectivity index (χ0n) is 36.5. The number of amides is 1. The maximum Gasteiger partial charge on any atom is 0.297 e. The first-order chi connectivity index (χ1) is 31.6. The largest absolute Gasteiger partial charge is 0.588 e. The van der Waals surface area contributed by atoms with Crippen molar-refractivity contribution in [3.05, 3.63) is 160 Å². The lowest BCUT2D eigenvalue weighted by molar-refractivity contribution is -0.384. The summed E-state index contributed by atoms with van der Waals surface area (Å²) in [4.78, 5) is 31.9. The first-order valence-corrected chi connectivity index (χ1v) is 24.1. The van der Waals surface area contributed by atoms with Gasteiger partial charge in [0.25, 0.3) is 11.6 Å². The molecule has 1 aliphatic heterocycles. The summed E-state index contributed by atoms with van der Waals surface area (Å²) in [5.41, 5.74) is 7.16. The highest BCUT2D eigenvalue weighted by Crippen LogP contribution is 2.47. The number of nitrogens with zero attached hydrogens (tertiary/aromatic N) is 4. The van der Waals surface area contributed by atoms with Crippen LogP contribution in [0.25, 0.3) is 22.4 Å². The Morgan fingerprint density at radius 1 is 0.862 bits per heavy atom. The van der Waals surface area contributed by atoms with Gasteiger partial charge in [-0.3, -0.25) is 14.9 Å². The summed E-state index contributed by atoms with van der Waals surface area (Å²) in [6, 6.07) is 36.3. The molecule has 1 unspecified atom stereocenters. The average Bonchev–Trinajstić information content (AvgIpc) is 4.11. The van der Waals surface area contributed by atoms with E-state index in [1.165, 1.54) is 18.2 Å². The van der Waals surface area contributed by atoms with E-state index >= 15 is 0 Å². The van der Waals surface area contributed by atoms with Gasteiger partial charge in [0.05, 0.1) is 27.9 Å². The maximum atomic E-state index is 14.3. The molecule has 0 radical (unpaired) electrons. The van der Waals surface area contributed by atoms with Gasteiger partial charge in [0.1, 0.15) is 22.9 Å². The number of hydrogen-bond donors (Lipinski definition) is 3. The Morgan fingerprint density at radius 3 is 2.32 bits per heavy atom. The first kappa shape index (κ1) is 45.5. The fourth-order valence-corrected chi connectivity index (χ4v) is 9.76. The zero-order valence-corrected chi connectivity index (χ0v) is 38.2. The molecule has 1 aliphatic carbocycles. The first-order valence-electron chi connectivity index (χ1n) is 21.9. The molecule has 334 valence electrons. The number of anilines is 2. The van der Waals surface area contributed by atoms with Crippen molar-refractivity contribution in [1.82, 2.24) is 19.7 Å². The van der Waals surface area contributed by atoms with Crippen molar-refractivity contribution in [2.24, 2.45) is 0 Å². The molecular weight excluding hydrogens is 858 g/mol. The summed E-state index contributed by atoms with van der Waals surface area (Å²) in [6.45, 7) is 8.18. The third-order valence-electron chi connectivity index (χ3n) is 11.6. The van der Waals surface area contributed by atoms with Crippen LogP contribution >= 0.6 is 11.8 Å². The van der Waals surface area contributed by atoms with Crippen molar-refractivity contribution in [3.63, 3.8) is 0 Å². The van der Waals surface area contributed by atoms with Gasteiger partial charge in [0, 0.05) is 78.3 Å². The SMILES string of the molecule is Cc1c(C(=O)NCCCN2CCN(C)CC2)c(-c2cccc(C#Cc3ccc(N[S+]([O-])c4ccc(NCCSc5ccccc5)c([N+](=O)[O-])c4)cc3)c2)c(-c2ccc(F)cc2)n1C1CC1. The fraction of sp³-hybridized carbons (Fsp3) is 0.275. The van der Waals surface area contributed by atoms with Gasteiger partial charge in [0.2, 0.25) is 0 Å². The van der Waals surface area contributed by atoms with Crippen LogP contribution in [0.3, 0.4) is 0 Å². The van der Waals surface area contributed by atoms with E-state index in [0.29, 0.717) is 30.0 Å². The molecule has 5 aromatic carbocycles. The second kappa shape index (κ2) is 21.3. The molecule has 3 N–H and O–H groups in total. The highest BCUT2D eigenvalue weighted by Gasteiger charge is 2.34. The number of thioether (sulfide) groups is 1. The van der Waals surface area contributed by atoms with E-state index in [1.807, 2.05) is 73.7 Å². The van der Waals surface area contributed by atoms with Crippen molar-refractivity contribution >= 4 is 46.1 Å². The van der Waals surface area contributed by atoms with Crippen LogP contribution in [-0.4, -0.2) is 88.4 Å². The van der Waals surface area contributed by atoms with Crippen LogP contribution < -0.4 is 15.4 Å². The van der Waals surface area contributed by atoms with E-state index < -0.39 is 16.3 Å². The minimum Gasteiger partial charge on any atom is -0.588 e. The predicted octanol–water partition coefficient (Wildman–Crippen LogP) is 9.62. The number of aromatic nitrogens is 1. The lowest BCUT2D eigenvalue weighted by Crippen LogP contribution is -2.45. The second-order valence-corrected chi connectivity index (χ2v) is 18.7. The van der Waals surface area contributed by atoms with Gasteiger partial charge >= 0.3 is 0 Å². The van der Waals surface area contributed by atoms with E-state index in [0.717, 1.165) is 102 Å². The van der Waals surface area contributed by atoms with E-state index in [2.05, 4.69) is 48.6 Å². The molecule has 11 nitrogen and oxygen atoms in total. The molecule has 1 aromatic heterocycles. The van der Waals surface area contributed by atoms with Crippen molar-refractivity contribution < 1.29 is 18.7 Å². The quantitative estimate of drug-likeness (QED) is 0.0205. The van der Waals surface area contributed by atoms with Crippen LogP contribution in [0.5, 0.6) is 0 Å². The number of piperazine rings is 1. The van der Waals surface area contributed by atoms with Gasteiger partial charge in [-0.1, -0.05) is 42.2 Å². The third kappa shape index (κ3) is 11.6. The molecule has 1 saturated heterocycles. The lowest BCUT2D eigenvalue weighted by atomic mass is 9.95. The molecule has 0 bridgehead atoms. The van der Waals surface area contributed by atoms with Crippen LogP contribution in [-0.2, 0) is 11.4 Å². The third-order valence-corrected chi connectivity index (χ3v) is 13.8. The molecule has 14 heteroatoms. The highest BCUT2D eigenvalue weighted by molar-refractivity contribution is 7.99. The summed E-state index contributed by atoms with van der Waals surface area (Å²) in [6.07, 6.45) is 2.87. The van der Waals surface area contributed by atoms with Gasteiger partial charge < -0.3 is 29.6 Å². The molecule has 2 fully saturated rings. The molecule has 2 heterocycles. The molecule has 8 rings (SSSR count). The molecule has 0 spiro atoms. The van der Waals surface area contributed by atoms with Gasteiger partial charge in [-0.05, 0) is 136 Å². The number of carbonyl (C=O) groups is 1. The van der Waals surface area contributed by atoms with Crippen LogP contribution in [0.4, 0.5) is 21.5 Å². The van der Waals surface area contributed by atoms with Crippen LogP contribution in [0.15, 0.2) is 131 Å². The van der Waals surface area contributed by atoms with Crippen LogP contribution in [0.2, 0.25) is 0 Å². The fourth-order valence-electron chi connectivity index (χ4n) is 8.09. The summed E-state index contributed by atoms with van der Waals surface area (Å²) < 4.78 is 32.8. The monoisotopic (exact) mass is 909 g/mol. The number of likely N-dealkylation sites (N-methyl/N-ethyl adjacent to an activating group) is 1. The minimum absolute atomic E-state index is 0.124. The normalized spacial score (nSPS) is 14.6. The smallest absolute Gasteiger partial charge is 0.297 e. The molecule has 2 aliphatic rings. The molecule has 1 saturated carbocycles. The van der Waals surface area contributed by atoms with Crippen molar-refractivity contribution in [1.29, 1.82) is 0 Å². The number of halogens is 1. The summed E-state index contributed by atoms with van der Waals surface area (Å²) in [5, 5.41) is 18.3. The Morgan fingerprint density at radius 2 is 1.60 bits per heavy atom. The van der Waals surface area contributed by atoms with Gasteiger partial charge in [-0.15, -0.1) is 11.8 Å². The Kier molecular flexibility index (Phi) is 14.9. The molecule has 65 heavy (non-hydrogen) atoms. The Balaban J connectivity index is 0.971. The summed E-state index contributed by atoms with van der Waals surface area (Å²) >= 11 is -0.112. The second-order valence-electron chi connectivity index (χ2n) is 16.3. The summed E-state index contributed by atoms with van der Waals surface area (Å²) in [7, 11) is 2.15. The molecule has 1 atom stereocenters. The van der Waals surface area contributed by atoms with Gasteiger partial charge in [0.15, 0.2) is 4.90 Å². The Labute approximate surface area is 387 Å². The highest BCUT2D eigenvalue weighted by atomic mass is 32.2. The van der Waals surface area contributed by atoms with Gasteiger partial charge in [-0.25, -0.2) is 9.11 Å². The number of rotatable bonds is 17. The van der Waals surface area contributed by atoms with Crippen molar-refractivity contribution in [2.45, 2.75) is 42.0 Å². The number of nitro groups is 1. The van der Waals surface area contributed by atoms with Crippen LogP contribution in [0.1, 0.15) is 52.5 Å². The lowest BCUT2D eigenvalue weighted by Gasteiger charge is -2.32. The Bertz CT molecular complexity index is 2670. The zero-order chi connectivity index (χ0) is 45.3. The number of benzene rings is 5. The molecular formula is C51H52FN7O4S2. The predicted molar refractivity (Wildman–Crippen MR) is 260 cm³/mol. The van der Waals surface area contributed by atoms with Crippen molar-refractivity contribution in [3.8, 4) is 34.2 Å².